The van der Waals surface area contributed by atoms with Crippen LogP contribution in [0.15, 0.2) is 121 Å². The zero-order valence-corrected chi connectivity index (χ0v) is 68.3. The standard InChI is InChI=1S/2C18H30.C17H28.2C14H22.C13H20/c2*1-13(2)11-15-9-8-10-16(12-14(3)4)17(15)18(5,6)7;1-12(2)13-10-9-11-14(16(3,4)5)15(13)17(6,7)8;1-13(2,3)11-9-7-8-10-12(11)14(4,5)6;1-6-11-9-8-10-12(7-2)13(11)14(3,4)5;1-10(2)11-8-6-7-9-12(11)13(3,4)5/h2*8-10,13-14H,11-12H2,1-7H3;9-12H,1-8H3;7-10H,1-6H3;8-10H,6-7H2,1-5H3;6-10H,1-5H3/i11D2,12D2;;12D;;6D2,7D2;. The van der Waals surface area contributed by atoms with Gasteiger partial charge in [0.25, 0.3) is 0 Å². The molecule has 0 N–H and O–H groups in total. The second kappa shape index (κ2) is 36.8. The highest BCUT2D eigenvalue weighted by molar-refractivity contribution is 5.46. The minimum Gasteiger partial charge on any atom is -0.0625 e. The molecule has 94 heavy (non-hydrogen) atoms. The van der Waals surface area contributed by atoms with Gasteiger partial charge in [0, 0.05) is 12.3 Å². The van der Waals surface area contributed by atoms with Crippen molar-refractivity contribution in [3.63, 3.8) is 0 Å². The number of rotatable bonds is 12. The third-order valence-corrected chi connectivity index (χ3v) is 16.4. The summed E-state index contributed by atoms with van der Waals surface area (Å²) < 4.78 is 74.1. The van der Waals surface area contributed by atoms with E-state index in [2.05, 4.69) is 251 Å². The van der Waals surface area contributed by atoms with Crippen molar-refractivity contribution in [2.45, 2.75) is 357 Å². The van der Waals surface area contributed by atoms with Gasteiger partial charge >= 0.3 is 0 Å². The van der Waals surface area contributed by atoms with Crippen LogP contribution in [0.4, 0.5) is 0 Å². The summed E-state index contributed by atoms with van der Waals surface area (Å²) in [5.74, 6) is 1.17. The van der Waals surface area contributed by atoms with Crippen LogP contribution < -0.4 is 0 Å². The summed E-state index contributed by atoms with van der Waals surface area (Å²) in [5, 5.41) is 0. The van der Waals surface area contributed by atoms with E-state index in [0.29, 0.717) is 28.2 Å². The predicted octanol–water partition coefficient (Wildman–Crippen LogP) is 28.7. The van der Waals surface area contributed by atoms with Crippen molar-refractivity contribution >= 4 is 0 Å². The van der Waals surface area contributed by atoms with E-state index in [0.717, 1.165) is 28.5 Å². The average molecular weight is 1290 g/mol. The molecule has 0 saturated carbocycles. The maximum atomic E-state index is 8.50. The summed E-state index contributed by atoms with van der Waals surface area (Å²) in [6.07, 6.45) is -3.51. The first kappa shape index (κ1) is 72.1. The quantitative estimate of drug-likeness (QED) is 0.115. The van der Waals surface area contributed by atoms with E-state index in [1.807, 2.05) is 95.2 Å². The minimum absolute atomic E-state index is 0.0670. The lowest BCUT2D eigenvalue weighted by molar-refractivity contribution is 0.521. The molecule has 0 nitrogen and oxygen atoms in total. The van der Waals surface area contributed by atoms with Crippen molar-refractivity contribution in [1.82, 2.24) is 0 Å². The molecule has 0 unspecified atom stereocenters. The Morgan fingerprint density at radius 3 is 0.787 bits per heavy atom. The Hall–Kier alpha value is -4.68. The highest BCUT2D eigenvalue weighted by Gasteiger charge is 2.30. The van der Waals surface area contributed by atoms with Crippen molar-refractivity contribution in [3.05, 3.63) is 210 Å². The van der Waals surface area contributed by atoms with E-state index < -0.39 is 31.4 Å². The molecule has 6 rings (SSSR count). The van der Waals surface area contributed by atoms with E-state index in [1.54, 1.807) is 41.0 Å². The van der Waals surface area contributed by atoms with Crippen molar-refractivity contribution in [2.75, 3.05) is 0 Å². The summed E-state index contributed by atoms with van der Waals surface area (Å²) in [6.45, 7) is 81.3. The first-order valence-electron chi connectivity index (χ1n) is 40.5. The van der Waals surface area contributed by atoms with Gasteiger partial charge in [-0.25, -0.2) is 0 Å². The fraction of sp³-hybridized carbons (Fsp3) is 0.617. The molecule has 0 heteroatoms. The molecule has 0 aliphatic carbocycles. The largest absolute Gasteiger partial charge is 0.0625 e. The summed E-state index contributed by atoms with van der Waals surface area (Å²) in [5.41, 5.74) is 19.0. The van der Waals surface area contributed by atoms with Crippen molar-refractivity contribution < 1.29 is 12.3 Å². The third-order valence-electron chi connectivity index (χ3n) is 16.4. The molecule has 6 aromatic carbocycles. The summed E-state index contributed by atoms with van der Waals surface area (Å²) >= 11 is 0. The van der Waals surface area contributed by atoms with Crippen molar-refractivity contribution in [2.24, 2.45) is 23.7 Å². The monoisotopic (exact) mass is 1290 g/mol. The van der Waals surface area contributed by atoms with Gasteiger partial charge in [0.15, 0.2) is 0 Å². The summed E-state index contributed by atoms with van der Waals surface area (Å²) in [7, 11) is 0. The average Bonchev–Trinajstić information content (AvgIpc) is 0.762. The Kier molecular flexibility index (Phi) is 28.2. The van der Waals surface area contributed by atoms with Crippen LogP contribution in [0.2, 0.25) is 0 Å². The van der Waals surface area contributed by atoms with Crippen LogP contribution in [-0.4, -0.2) is 0 Å². The van der Waals surface area contributed by atoms with Gasteiger partial charge in [-0.2, -0.15) is 0 Å². The SMILES string of the molecule is CC(C)(C)c1ccccc1C(C)(C)C.CC(C)Cc1cccc(CC(C)C)c1C(C)(C)C.CC(C)c1ccccc1C(C)(C)C.[2H]C(C)(C)c1cccc(C(C)(C)C)c1C(C)(C)C.[2H]C([2H])(C)c1cccc(C([2H])([2H])C)c1C(C)(C)C.[2H]C([2H])(c1cccc(C([2H])([2H])C(C)C)c1C(C)(C)C)C(C)C. The maximum Gasteiger partial charge on any atom is 0.0347 e. The van der Waals surface area contributed by atoms with Crippen LogP contribution in [0.1, 0.15) is 376 Å². The molecule has 0 bridgehead atoms. The molecule has 0 radical (unpaired) electrons. The van der Waals surface area contributed by atoms with E-state index in [9.17, 15) is 0 Å². The molecule has 0 fully saturated rings. The van der Waals surface area contributed by atoms with E-state index in [-0.39, 0.29) is 55.2 Å². The van der Waals surface area contributed by atoms with Gasteiger partial charge in [-0.3, -0.25) is 0 Å². The van der Waals surface area contributed by atoms with Crippen LogP contribution in [0.25, 0.3) is 0 Å². The Bertz CT molecular complexity index is 3320. The number of hydrogen-bond acceptors (Lipinski definition) is 0. The second-order valence-corrected chi connectivity index (χ2v) is 36.7. The molecule has 0 aliphatic heterocycles. The molecular weight excluding hydrogens is 1130 g/mol. The molecule has 0 aliphatic rings. The number of benzene rings is 6. The molecule has 0 aromatic heterocycles. The van der Waals surface area contributed by atoms with Crippen molar-refractivity contribution in [3.8, 4) is 0 Å². The fourth-order valence-corrected chi connectivity index (χ4v) is 12.7. The Morgan fingerprint density at radius 2 is 0.521 bits per heavy atom. The molecule has 0 saturated heterocycles. The lowest BCUT2D eigenvalue weighted by Crippen LogP contribution is -2.24. The molecule has 0 spiro atoms. The van der Waals surface area contributed by atoms with E-state index in [1.165, 1.54) is 60.1 Å². The summed E-state index contributed by atoms with van der Waals surface area (Å²) in [4.78, 5) is 0. The van der Waals surface area contributed by atoms with Crippen LogP contribution in [-0.2, 0) is 81.7 Å². The van der Waals surface area contributed by atoms with Gasteiger partial charge in [-0.15, -0.1) is 0 Å². The second-order valence-electron chi connectivity index (χ2n) is 36.7. The first-order chi connectivity index (χ1) is 45.8. The topological polar surface area (TPSA) is 0 Å². The van der Waals surface area contributed by atoms with Gasteiger partial charge in [0.05, 0.1) is 0 Å². The Labute approximate surface area is 600 Å². The lowest BCUT2D eigenvalue weighted by Gasteiger charge is -2.33. The van der Waals surface area contributed by atoms with Gasteiger partial charge in [-0.1, -0.05) is 384 Å². The molecule has 6 aromatic rings. The van der Waals surface area contributed by atoms with E-state index in [4.69, 9.17) is 12.3 Å². The van der Waals surface area contributed by atoms with Gasteiger partial charge in [-0.05, 0) is 206 Å². The third kappa shape index (κ3) is 29.2. The highest BCUT2D eigenvalue weighted by atomic mass is 14.3. The van der Waals surface area contributed by atoms with Crippen LogP contribution in [0.5, 0.6) is 0 Å². The minimum atomic E-state index is -1.48. The van der Waals surface area contributed by atoms with Gasteiger partial charge < -0.3 is 0 Å². The maximum absolute atomic E-state index is 8.50. The van der Waals surface area contributed by atoms with Crippen LogP contribution in [0, 0.1) is 23.7 Å². The zero-order valence-electron chi connectivity index (χ0n) is 77.3. The molecule has 0 amide bonds. The highest BCUT2D eigenvalue weighted by Crippen LogP contribution is 2.40. The molecular formula is C94H152. The molecule has 0 heterocycles. The fourth-order valence-electron chi connectivity index (χ4n) is 12.7. The molecule has 0 atom stereocenters. The van der Waals surface area contributed by atoms with E-state index >= 15 is 0 Å². The van der Waals surface area contributed by atoms with Crippen LogP contribution in [0.3, 0.4) is 0 Å². The summed E-state index contributed by atoms with van der Waals surface area (Å²) in [6, 6.07) is 41.5. The predicted molar refractivity (Wildman–Crippen MR) is 429 cm³/mol. The smallest absolute Gasteiger partial charge is 0.0347 e. The van der Waals surface area contributed by atoms with Crippen LogP contribution >= 0.6 is 0 Å². The number of hydrogen-bond donors (Lipinski definition) is 0. The number of aryl methyl sites for hydroxylation is 2. The van der Waals surface area contributed by atoms with Gasteiger partial charge in [0.2, 0.25) is 0 Å². The van der Waals surface area contributed by atoms with Crippen molar-refractivity contribution in [1.29, 1.82) is 0 Å². The molecule has 528 valence electrons. The Balaban J connectivity index is 0.000000622. The lowest BCUT2D eigenvalue weighted by atomic mass is 9.71. The zero-order chi connectivity index (χ0) is 81.2. The Morgan fingerprint density at radius 1 is 0.266 bits per heavy atom. The first-order valence-corrected chi connectivity index (χ1v) is 36.0. The normalized spacial score (nSPS) is 14.7. The van der Waals surface area contributed by atoms with Gasteiger partial charge in [0.1, 0.15) is 0 Å².